The van der Waals surface area contributed by atoms with Crippen LogP contribution in [0.3, 0.4) is 0 Å². The molecule has 1 fully saturated rings. The maximum absolute atomic E-state index is 13.1. The molecule has 0 atom stereocenters. The molecule has 3 aromatic carbocycles. The lowest BCUT2D eigenvalue weighted by molar-refractivity contribution is -0.121. The van der Waals surface area contributed by atoms with Crippen molar-refractivity contribution in [3.63, 3.8) is 0 Å². The summed E-state index contributed by atoms with van der Waals surface area (Å²) in [7, 11) is 0. The Balaban J connectivity index is 1.31. The molecular weight excluding hydrogens is 405 g/mol. The van der Waals surface area contributed by atoms with Crippen molar-refractivity contribution in [2.24, 2.45) is 0 Å². The number of carbonyl (C=O) groups is 2. The lowest BCUT2D eigenvalue weighted by Crippen LogP contribution is -2.40. The van der Waals surface area contributed by atoms with Crippen LogP contribution >= 0.6 is 0 Å². The SMILES string of the molecule is O=C(CN1CCN(c2ccc(F)cc2)C1=O)NCCC(c1ccccc1)c1ccccc1. The molecule has 0 aromatic heterocycles. The van der Waals surface area contributed by atoms with Gasteiger partial charge in [-0.3, -0.25) is 9.69 Å². The van der Waals surface area contributed by atoms with Crippen molar-refractivity contribution in [3.05, 3.63) is 102 Å². The van der Waals surface area contributed by atoms with Crippen LogP contribution in [0.5, 0.6) is 0 Å². The lowest BCUT2D eigenvalue weighted by Gasteiger charge is -2.20. The summed E-state index contributed by atoms with van der Waals surface area (Å²) in [6.45, 7) is 1.46. The zero-order valence-corrected chi connectivity index (χ0v) is 17.8. The molecule has 0 aliphatic carbocycles. The van der Waals surface area contributed by atoms with E-state index in [1.807, 2.05) is 36.4 Å². The third-order valence-electron chi connectivity index (χ3n) is 5.73. The number of carbonyl (C=O) groups excluding carboxylic acids is 2. The molecule has 1 aliphatic heterocycles. The average Bonchev–Trinajstić information content (AvgIpc) is 3.18. The van der Waals surface area contributed by atoms with Gasteiger partial charge >= 0.3 is 6.03 Å². The first kappa shape index (κ1) is 21.6. The van der Waals surface area contributed by atoms with Crippen molar-refractivity contribution < 1.29 is 14.0 Å². The fourth-order valence-corrected chi connectivity index (χ4v) is 4.07. The van der Waals surface area contributed by atoms with E-state index in [0.717, 1.165) is 6.42 Å². The highest BCUT2D eigenvalue weighted by Gasteiger charge is 2.30. The molecule has 5 nitrogen and oxygen atoms in total. The Morgan fingerprint density at radius 1 is 0.875 bits per heavy atom. The monoisotopic (exact) mass is 431 g/mol. The second-order valence-corrected chi connectivity index (χ2v) is 7.84. The molecule has 6 heteroatoms. The largest absolute Gasteiger partial charge is 0.355 e. The number of urea groups is 1. The number of rotatable bonds is 8. The highest BCUT2D eigenvalue weighted by Crippen LogP contribution is 2.27. The normalized spacial score (nSPS) is 13.6. The average molecular weight is 432 g/mol. The van der Waals surface area contributed by atoms with Crippen molar-refractivity contribution in [1.29, 1.82) is 0 Å². The fourth-order valence-electron chi connectivity index (χ4n) is 4.07. The van der Waals surface area contributed by atoms with Crippen LogP contribution in [0.15, 0.2) is 84.9 Å². The molecule has 0 spiro atoms. The van der Waals surface area contributed by atoms with Crippen LogP contribution in [0.4, 0.5) is 14.9 Å². The molecular formula is C26H26FN3O2. The molecule has 164 valence electrons. The molecule has 3 amide bonds. The van der Waals surface area contributed by atoms with Gasteiger partial charge in [0.1, 0.15) is 12.4 Å². The van der Waals surface area contributed by atoms with Gasteiger partial charge in [-0.15, -0.1) is 0 Å². The van der Waals surface area contributed by atoms with E-state index in [1.54, 1.807) is 17.0 Å². The third kappa shape index (κ3) is 5.14. The highest BCUT2D eigenvalue weighted by atomic mass is 19.1. The molecule has 1 heterocycles. The first-order chi connectivity index (χ1) is 15.6. The number of halogens is 1. The third-order valence-corrected chi connectivity index (χ3v) is 5.73. The lowest BCUT2D eigenvalue weighted by atomic mass is 9.88. The number of hydrogen-bond donors (Lipinski definition) is 1. The first-order valence-electron chi connectivity index (χ1n) is 10.8. The second-order valence-electron chi connectivity index (χ2n) is 7.84. The van der Waals surface area contributed by atoms with Gasteiger partial charge in [-0.05, 0) is 41.8 Å². The summed E-state index contributed by atoms with van der Waals surface area (Å²) in [5.41, 5.74) is 3.04. The first-order valence-corrected chi connectivity index (χ1v) is 10.8. The molecule has 1 aliphatic rings. The number of hydrogen-bond acceptors (Lipinski definition) is 2. The van der Waals surface area contributed by atoms with Crippen molar-refractivity contribution in [2.45, 2.75) is 12.3 Å². The van der Waals surface area contributed by atoms with E-state index >= 15 is 0 Å². The molecule has 0 radical (unpaired) electrons. The standard InChI is InChI=1S/C26H26FN3O2/c27-22-11-13-23(14-12-22)30-18-17-29(26(30)32)19-25(31)28-16-15-24(20-7-3-1-4-8-20)21-9-5-2-6-10-21/h1-14,24H,15-19H2,(H,28,31). The van der Waals surface area contributed by atoms with E-state index in [1.165, 1.54) is 28.2 Å². The molecule has 0 saturated carbocycles. The maximum atomic E-state index is 13.1. The topological polar surface area (TPSA) is 52.7 Å². The van der Waals surface area contributed by atoms with E-state index < -0.39 is 0 Å². The quantitative estimate of drug-likeness (QED) is 0.575. The molecule has 0 unspecified atom stereocenters. The highest BCUT2D eigenvalue weighted by molar-refractivity contribution is 5.96. The molecule has 1 N–H and O–H groups in total. The Bertz CT molecular complexity index is 1000. The minimum absolute atomic E-state index is 0.0118. The van der Waals surface area contributed by atoms with Gasteiger partial charge in [0.25, 0.3) is 0 Å². The van der Waals surface area contributed by atoms with Crippen LogP contribution in [0, 0.1) is 5.82 Å². The van der Waals surface area contributed by atoms with Crippen LogP contribution in [0.2, 0.25) is 0 Å². The van der Waals surface area contributed by atoms with Gasteiger partial charge < -0.3 is 10.2 Å². The molecule has 1 saturated heterocycles. The number of amides is 3. The predicted molar refractivity (Wildman–Crippen MR) is 123 cm³/mol. The van der Waals surface area contributed by atoms with Gasteiger partial charge in [-0.1, -0.05) is 60.7 Å². The maximum Gasteiger partial charge on any atom is 0.325 e. The summed E-state index contributed by atoms with van der Waals surface area (Å²) < 4.78 is 13.1. The Morgan fingerprint density at radius 2 is 1.47 bits per heavy atom. The van der Waals surface area contributed by atoms with Gasteiger partial charge in [0, 0.05) is 31.2 Å². The van der Waals surface area contributed by atoms with Crippen LogP contribution < -0.4 is 10.2 Å². The van der Waals surface area contributed by atoms with Crippen molar-refractivity contribution in [1.82, 2.24) is 10.2 Å². The minimum Gasteiger partial charge on any atom is -0.355 e. The second kappa shape index (κ2) is 10.1. The van der Waals surface area contributed by atoms with Crippen LogP contribution in [0.1, 0.15) is 23.5 Å². The van der Waals surface area contributed by atoms with Crippen LogP contribution in [-0.4, -0.2) is 43.0 Å². The zero-order valence-electron chi connectivity index (χ0n) is 17.8. The number of nitrogens with one attached hydrogen (secondary N) is 1. The summed E-state index contributed by atoms with van der Waals surface area (Å²) in [5.74, 6) is -0.347. The van der Waals surface area contributed by atoms with Gasteiger partial charge in [0.05, 0.1) is 0 Å². The minimum atomic E-state index is -0.346. The number of anilines is 1. The molecule has 32 heavy (non-hydrogen) atoms. The van der Waals surface area contributed by atoms with Gasteiger partial charge in [0.2, 0.25) is 5.91 Å². The van der Waals surface area contributed by atoms with Crippen molar-refractivity contribution in [3.8, 4) is 0 Å². The van der Waals surface area contributed by atoms with Gasteiger partial charge in [0.15, 0.2) is 0 Å². The van der Waals surface area contributed by atoms with E-state index in [2.05, 4.69) is 29.6 Å². The van der Waals surface area contributed by atoms with E-state index in [4.69, 9.17) is 0 Å². The van der Waals surface area contributed by atoms with E-state index in [0.29, 0.717) is 25.3 Å². The van der Waals surface area contributed by atoms with Crippen LogP contribution in [-0.2, 0) is 4.79 Å². The Kier molecular flexibility index (Phi) is 6.80. The van der Waals surface area contributed by atoms with Crippen LogP contribution in [0.25, 0.3) is 0 Å². The molecule has 3 aromatic rings. The number of benzene rings is 3. The smallest absolute Gasteiger partial charge is 0.325 e. The Morgan fingerprint density at radius 3 is 2.06 bits per heavy atom. The molecule has 4 rings (SSSR count). The summed E-state index contributed by atoms with van der Waals surface area (Å²) >= 11 is 0. The fraction of sp³-hybridized carbons (Fsp3) is 0.231. The van der Waals surface area contributed by atoms with Gasteiger partial charge in [-0.2, -0.15) is 0 Å². The van der Waals surface area contributed by atoms with Gasteiger partial charge in [-0.25, -0.2) is 9.18 Å². The van der Waals surface area contributed by atoms with Crippen molar-refractivity contribution >= 4 is 17.6 Å². The Labute approximate surface area is 187 Å². The zero-order chi connectivity index (χ0) is 22.3. The summed E-state index contributed by atoms with van der Waals surface area (Å²) in [6.07, 6.45) is 0.759. The number of nitrogens with zero attached hydrogens (tertiary/aromatic N) is 2. The summed E-state index contributed by atoms with van der Waals surface area (Å²) in [6, 6.07) is 26.1. The van der Waals surface area contributed by atoms with E-state index in [9.17, 15) is 14.0 Å². The predicted octanol–water partition coefficient (Wildman–Crippen LogP) is 4.41. The summed E-state index contributed by atoms with van der Waals surface area (Å²) in [4.78, 5) is 28.3. The summed E-state index contributed by atoms with van der Waals surface area (Å²) in [5, 5.41) is 2.96. The van der Waals surface area contributed by atoms with E-state index in [-0.39, 0.29) is 30.2 Å². The Hall–Kier alpha value is -3.67. The molecule has 0 bridgehead atoms. The van der Waals surface area contributed by atoms with Crippen molar-refractivity contribution in [2.75, 3.05) is 31.1 Å².